The van der Waals surface area contributed by atoms with Crippen molar-refractivity contribution in [1.82, 2.24) is 19.1 Å². The van der Waals surface area contributed by atoms with E-state index in [-0.39, 0.29) is 46.1 Å². The Morgan fingerprint density at radius 2 is 1.90 bits per heavy atom. The Balaban J connectivity index is 2.07. The molecule has 0 spiro atoms. The number of hydrogen-bond acceptors (Lipinski definition) is 9. The minimum absolute atomic E-state index is 0.0101. The maximum absolute atomic E-state index is 13.6. The molecule has 1 unspecified atom stereocenters. The third-order valence-electron chi connectivity index (χ3n) is 6.60. The first-order chi connectivity index (χ1) is 19.6. The number of nitrogens with one attached hydrogen (secondary N) is 1. The molecule has 0 bridgehead atoms. The zero-order valence-corrected chi connectivity index (χ0v) is 23.4. The highest BCUT2D eigenvalue weighted by molar-refractivity contribution is 7.88. The van der Waals surface area contributed by atoms with Crippen LogP contribution in [0.25, 0.3) is 0 Å². The van der Waals surface area contributed by atoms with E-state index in [0.29, 0.717) is 4.31 Å². The Bertz CT molecular complexity index is 1840. The molecule has 2 aromatic carbocycles. The number of benzene rings is 2. The molecule has 0 fully saturated rings. The quantitative estimate of drug-likeness (QED) is 0.418. The number of H-pyrrole nitrogens is 1. The number of carbonyl (C=O) groups excluding carboxylic acids is 2. The van der Waals surface area contributed by atoms with E-state index in [0.717, 1.165) is 47.1 Å². The molecule has 0 radical (unpaired) electrons. The molecule has 0 saturated heterocycles. The zero-order valence-electron chi connectivity index (χ0n) is 22.6. The number of rotatable bonds is 6. The number of fused-ring (bicyclic) bond motifs is 1. The number of methoxy groups -OCH3 is 1. The Morgan fingerprint density at radius 1 is 1.21 bits per heavy atom. The fourth-order valence-electron chi connectivity index (χ4n) is 4.79. The molecule has 0 saturated carbocycles. The first-order valence-corrected chi connectivity index (χ1v) is 14.0. The summed E-state index contributed by atoms with van der Waals surface area (Å²) in [5.74, 6) is -2.26. The van der Waals surface area contributed by atoms with Crippen LogP contribution < -0.4 is 10.6 Å². The van der Waals surface area contributed by atoms with Gasteiger partial charge >= 0.3 is 17.8 Å². The van der Waals surface area contributed by atoms with Crippen LogP contribution in [0.5, 0.6) is 0 Å². The van der Waals surface area contributed by atoms with E-state index in [2.05, 4.69) is 10.2 Å². The summed E-state index contributed by atoms with van der Waals surface area (Å²) in [6.45, 7) is 2.54. The minimum atomic E-state index is -4.70. The molecule has 2 heterocycles. The van der Waals surface area contributed by atoms with Gasteiger partial charge in [-0.2, -0.15) is 18.4 Å². The lowest BCUT2D eigenvalue weighted by atomic mass is 9.89. The van der Waals surface area contributed by atoms with E-state index < -0.39 is 45.4 Å². The highest BCUT2D eigenvalue weighted by atomic mass is 32.2. The smallest absolute Gasteiger partial charge is 0.416 e. The molecule has 220 valence electrons. The number of hydrogen-bond donors (Lipinski definition) is 1. The van der Waals surface area contributed by atoms with E-state index >= 15 is 0 Å². The van der Waals surface area contributed by atoms with Crippen molar-refractivity contribution in [3.05, 3.63) is 86.5 Å². The Morgan fingerprint density at radius 3 is 2.48 bits per heavy atom. The first kappa shape index (κ1) is 30.1. The maximum atomic E-state index is 13.6. The highest BCUT2D eigenvalue weighted by Crippen LogP contribution is 2.43. The van der Waals surface area contributed by atoms with Gasteiger partial charge in [-0.3, -0.25) is 9.69 Å². The molecule has 16 heteroatoms. The Hall–Kier alpha value is -4.91. The van der Waals surface area contributed by atoms with E-state index in [1.807, 2.05) is 6.07 Å². The summed E-state index contributed by atoms with van der Waals surface area (Å²) in [7, 11) is -3.03. The second-order valence-corrected chi connectivity index (χ2v) is 11.0. The average molecular weight is 605 g/mol. The van der Waals surface area contributed by atoms with Gasteiger partial charge in [0.15, 0.2) is 0 Å². The molecule has 1 N–H and O–H groups in total. The van der Waals surface area contributed by atoms with Gasteiger partial charge in [0.1, 0.15) is 6.04 Å². The monoisotopic (exact) mass is 604 g/mol. The fraction of sp³-hybridized carbons (Fsp3) is 0.269. The van der Waals surface area contributed by atoms with Crippen molar-refractivity contribution in [2.24, 2.45) is 0 Å². The van der Waals surface area contributed by atoms with Crippen molar-refractivity contribution in [3.8, 4) is 6.07 Å². The summed E-state index contributed by atoms with van der Waals surface area (Å²) < 4.78 is 71.9. The number of sulfonamides is 1. The van der Waals surface area contributed by atoms with Crippen LogP contribution in [0.4, 0.5) is 24.8 Å². The maximum Gasteiger partial charge on any atom is 0.416 e. The van der Waals surface area contributed by atoms with Crippen LogP contribution in [0.2, 0.25) is 0 Å². The van der Waals surface area contributed by atoms with Crippen LogP contribution in [0.15, 0.2) is 58.5 Å². The number of amides is 1. The van der Waals surface area contributed by atoms with Crippen LogP contribution in [0, 0.1) is 11.3 Å². The van der Waals surface area contributed by atoms with Crippen LogP contribution in [0.3, 0.4) is 0 Å². The number of allylic oxidation sites excluding steroid dienone is 1. The number of halogens is 3. The van der Waals surface area contributed by atoms with Gasteiger partial charge in [0, 0.05) is 23.5 Å². The largest absolute Gasteiger partial charge is 0.466 e. The number of nitrogens with zero attached hydrogens (tertiary/aromatic N) is 5. The molecule has 1 aliphatic heterocycles. The van der Waals surface area contributed by atoms with Gasteiger partial charge in [-0.25, -0.2) is 32.0 Å². The highest BCUT2D eigenvalue weighted by Gasteiger charge is 2.42. The van der Waals surface area contributed by atoms with E-state index in [1.165, 1.54) is 32.0 Å². The van der Waals surface area contributed by atoms with Gasteiger partial charge in [0.25, 0.3) is 5.91 Å². The van der Waals surface area contributed by atoms with Crippen LogP contribution in [-0.2, 0) is 25.7 Å². The van der Waals surface area contributed by atoms with Gasteiger partial charge < -0.3 is 4.74 Å². The molecule has 0 aliphatic carbocycles. The van der Waals surface area contributed by atoms with E-state index in [4.69, 9.17) is 4.74 Å². The van der Waals surface area contributed by atoms with Crippen molar-refractivity contribution < 1.29 is 35.9 Å². The van der Waals surface area contributed by atoms with Gasteiger partial charge in [0.05, 0.1) is 36.1 Å². The molecule has 1 aromatic heterocycles. The standard InChI is InChI=1S/C26H23F3N6O6S/c1-5-33(42(4,39)40)22(36)19-11-15(13-30)9-10-18(19)21-20(23(37)41-3)14(2)34(24-31-32-25(38)35(21)24)17-8-6-7-16(12-17)26(27,28)29/h6-12,21H,5H2,1-4H3,(H,32,38). The SMILES string of the molecule is CCN(C(=O)c1cc(C#N)ccc1C1C(C(=O)OC)=C(C)N(c2cccc(C(F)(F)F)c2)c2n[nH]c(=O)n21)S(C)(=O)=O. The molecule has 4 rings (SSSR count). The van der Waals surface area contributed by atoms with Crippen molar-refractivity contribution in [2.45, 2.75) is 26.1 Å². The third kappa shape index (κ3) is 5.14. The first-order valence-electron chi connectivity index (χ1n) is 12.1. The number of aromatic nitrogens is 3. The van der Waals surface area contributed by atoms with Crippen molar-refractivity contribution in [2.75, 3.05) is 24.8 Å². The number of anilines is 2. The van der Waals surface area contributed by atoms with Crippen molar-refractivity contribution in [3.63, 3.8) is 0 Å². The number of ether oxygens (including phenoxy) is 1. The molecule has 1 atom stereocenters. The lowest BCUT2D eigenvalue weighted by Gasteiger charge is -2.36. The summed E-state index contributed by atoms with van der Waals surface area (Å²) in [6.07, 6.45) is -3.89. The molecular weight excluding hydrogens is 581 g/mol. The summed E-state index contributed by atoms with van der Waals surface area (Å²) in [6, 6.07) is 8.23. The summed E-state index contributed by atoms with van der Waals surface area (Å²) in [5.41, 5.74) is -2.64. The lowest BCUT2D eigenvalue weighted by molar-refractivity contribution is -0.138. The minimum Gasteiger partial charge on any atom is -0.466 e. The van der Waals surface area contributed by atoms with Crippen LogP contribution in [0.1, 0.15) is 46.9 Å². The summed E-state index contributed by atoms with van der Waals surface area (Å²) >= 11 is 0. The number of nitriles is 1. The average Bonchev–Trinajstić information content (AvgIpc) is 3.31. The second-order valence-electron chi connectivity index (χ2n) is 9.12. The number of esters is 1. The van der Waals surface area contributed by atoms with Crippen LogP contribution in [-0.4, -0.2) is 59.3 Å². The van der Waals surface area contributed by atoms with E-state index in [9.17, 15) is 41.2 Å². The number of aromatic amines is 1. The van der Waals surface area contributed by atoms with Gasteiger partial charge in [0.2, 0.25) is 16.0 Å². The number of carbonyl (C=O) groups is 2. The third-order valence-corrected chi connectivity index (χ3v) is 7.83. The molecule has 1 aliphatic rings. The molecular formula is C26H23F3N6O6S. The normalized spacial score (nSPS) is 15.2. The summed E-state index contributed by atoms with van der Waals surface area (Å²) in [5, 5.41) is 15.7. The lowest BCUT2D eigenvalue weighted by Crippen LogP contribution is -2.40. The topological polar surface area (TPSA) is 158 Å². The number of alkyl halides is 3. The van der Waals surface area contributed by atoms with Gasteiger partial charge in [-0.05, 0) is 49.7 Å². The zero-order chi connectivity index (χ0) is 31.1. The Kier molecular flexibility index (Phi) is 7.74. The van der Waals surface area contributed by atoms with Crippen molar-refractivity contribution >= 4 is 33.5 Å². The molecule has 1 amide bonds. The van der Waals surface area contributed by atoms with Gasteiger partial charge in [-0.15, -0.1) is 5.10 Å². The predicted molar refractivity (Wildman–Crippen MR) is 142 cm³/mol. The van der Waals surface area contributed by atoms with Crippen LogP contribution >= 0.6 is 0 Å². The molecule has 12 nitrogen and oxygen atoms in total. The Labute approximate surface area is 237 Å². The predicted octanol–water partition coefficient (Wildman–Crippen LogP) is 3.07. The fourth-order valence-corrected chi connectivity index (χ4v) is 5.66. The summed E-state index contributed by atoms with van der Waals surface area (Å²) in [4.78, 5) is 41.2. The molecule has 42 heavy (non-hydrogen) atoms. The second kappa shape index (κ2) is 10.8. The van der Waals surface area contributed by atoms with Gasteiger partial charge in [-0.1, -0.05) is 12.1 Å². The van der Waals surface area contributed by atoms with E-state index in [1.54, 1.807) is 0 Å². The molecule has 3 aromatic rings. The van der Waals surface area contributed by atoms with Crippen molar-refractivity contribution in [1.29, 1.82) is 5.26 Å².